The van der Waals surface area contributed by atoms with Gasteiger partial charge in [0.05, 0.1) is 25.2 Å². The summed E-state index contributed by atoms with van der Waals surface area (Å²) in [6.07, 6.45) is 0.0293. The Morgan fingerprint density at radius 1 is 1.16 bits per heavy atom. The third-order valence-corrected chi connectivity index (χ3v) is 6.36. The van der Waals surface area contributed by atoms with Crippen molar-refractivity contribution in [2.75, 3.05) is 20.8 Å². The van der Waals surface area contributed by atoms with Gasteiger partial charge in [-0.15, -0.1) is 0 Å². The number of thiol groups is 1. The third-order valence-electron chi connectivity index (χ3n) is 5.75. The van der Waals surface area contributed by atoms with Crippen LogP contribution in [0.1, 0.15) is 35.8 Å². The van der Waals surface area contributed by atoms with Crippen molar-refractivity contribution in [1.29, 1.82) is 0 Å². The molecule has 2 aromatic carbocycles. The smallest absolute Gasteiger partial charge is 0.177 e. The molecule has 170 valence electrons. The molecule has 0 amide bonds. The highest BCUT2D eigenvalue weighted by molar-refractivity contribution is 7.80. The summed E-state index contributed by atoms with van der Waals surface area (Å²) in [5.74, 6) is 2.68. The van der Waals surface area contributed by atoms with Crippen LogP contribution in [0.3, 0.4) is 0 Å². The van der Waals surface area contributed by atoms with Crippen LogP contribution in [-0.4, -0.2) is 43.9 Å². The molecule has 1 N–H and O–H groups in total. The zero-order valence-electron chi connectivity index (χ0n) is 18.5. The standard InChI is InChI=1S/C24H27NO6S/c1-12(2)18-8-15-17(30-18)7-6-14(23(15)26)13(3)25-31-22-11-29-19-10-21(28-5)20(27-4)9-16(19)24(22)32/h6-7,9-10,18,22,24,26,32H,1,8,11H2,2-5H3/b25-13+/t18-,22?,24-/m1/s1. The van der Waals surface area contributed by atoms with Gasteiger partial charge < -0.3 is 28.9 Å². The van der Waals surface area contributed by atoms with Gasteiger partial charge in [-0.3, -0.25) is 0 Å². The Bertz CT molecular complexity index is 1080. The molecule has 7 nitrogen and oxygen atoms in total. The second-order valence-electron chi connectivity index (χ2n) is 7.92. The van der Waals surface area contributed by atoms with Crippen LogP contribution in [0.4, 0.5) is 0 Å². The molecular weight excluding hydrogens is 430 g/mol. The summed E-state index contributed by atoms with van der Waals surface area (Å²) in [7, 11) is 3.16. The Kier molecular flexibility index (Phi) is 6.15. The Balaban J connectivity index is 1.52. The van der Waals surface area contributed by atoms with Gasteiger partial charge in [0.1, 0.15) is 30.0 Å². The van der Waals surface area contributed by atoms with E-state index in [1.165, 1.54) is 0 Å². The van der Waals surface area contributed by atoms with Crippen LogP contribution in [0.25, 0.3) is 0 Å². The molecule has 0 aromatic heterocycles. The van der Waals surface area contributed by atoms with Crippen molar-refractivity contribution in [1.82, 2.24) is 0 Å². The van der Waals surface area contributed by atoms with Gasteiger partial charge in [-0.25, -0.2) is 0 Å². The number of rotatable bonds is 6. The Morgan fingerprint density at radius 3 is 2.56 bits per heavy atom. The Labute approximate surface area is 193 Å². The van der Waals surface area contributed by atoms with Crippen molar-refractivity contribution in [3.05, 3.63) is 53.1 Å². The lowest BCUT2D eigenvalue weighted by Crippen LogP contribution is -2.30. The first kappa shape index (κ1) is 22.2. The molecule has 2 aliphatic heterocycles. The number of fused-ring (bicyclic) bond motifs is 2. The van der Waals surface area contributed by atoms with E-state index in [0.29, 0.717) is 40.7 Å². The minimum absolute atomic E-state index is 0.125. The van der Waals surface area contributed by atoms with E-state index in [1.54, 1.807) is 33.3 Å². The fraction of sp³-hybridized carbons (Fsp3) is 0.375. The van der Waals surface area contributed by atoms with E-state index < -0.39 is 6.10 Å². The van der Waals surface area contributed by atoms with Gasteiger partial charge in [0, 0.05) is 29.2 Å². The highest BCUT2D eigenvalue weighted by Crippen LogP contribution is 2.44. The Hall–Kier alpha value is -3.00. The summed E-state index contributed by atoms with van der Waals surface area (Å²) in [5.41, 5.74) is 3.64. The fourth-order valence-corrected chi connectivity index (χ4v) is 4.19. The van der Waals surface area contributed by atoms with Crippen LogP contribution in [0.15, 0.2) is 41.6 Å². The van der Waals surface area contributed by atoms with Crippen molar-refractivity contribution in [3.63, 3.8) is 0 Å². The molecular formula is C24H27NO6S. The lowest BCUT2D eigenvalue weighted by molar-refractivity contribution is 0.0129. The van der Waals surface area contributed by atoms with Gasteiger partial charge in [0.15, 0.2) is 17.6 Å². The highest BCUT2D eigenvalue weighted by atomic mass is 32.1. The van der Waals surface area contributed by atoms with Crippen molar-refractivity contribution in [2.45, 2.75) is 37.7 Å². The molecule has 0 saturated heterocycles. The number of hydrogen-bond acceptors (Lipinski definition) is 8. The predicted octanol–water partition coefficient (Wildman–Crippen LogP) is 4.46. The summed E-state index contributed by atoms with van der Waals surface area (Å²) in [5, 5.41) is 14.8. The normalized spacial score (nSPS) is 21.7. The molecule has 0 aliphatic carbocycles. The molecule has 32 heavy (non-hydrogen) atoms. The minimum atomic E-state index is -0.424. The zero-order valence-corrected chi connectivity index (χ0v) is 19.4. The first-order valence-electron chi connectivity index (χ1n) is 10.3. The van der Waals surface area contributed by atoms with Gasteiger partial charge in [-0.05, 0) is 37.6 Å². The van der Waals surface area contributed by atoms with Crippen molar-refractivity contribution < 1.29 is 28.9 Å². The number of aromatic hydroxyl groups is 1. The quantitative estimate of drug-likeness (QED) is 0.289. The van der Waals surface area contributed by atoms with Crippen molar-refractivity contribution >= 4 is 18.3 Å². The summed E-state index contributed by atoms with van der Waals surface area (Å²) in [4.78, 5) is 5.79. The molecule has 0 saturated carbocycles. The molecule has 2 aromatic rings. The van der Waals surface area contributed by atoms with Gasteiger partial charge in [-0.2, -0.15) is 12.6 Å². The molecule has 1 unspecified atom stereocenters. The van der Waals surface area contributed by atoms with Gasteiger partial charge >= 0.3 is 0 Å². The minimum Gasteiger partial charge on any atom is -0.507 e. The number of oxime groups is 1. The molecule has 3 atom stereocenters. The SMILES string of the molecule is C=C(C)[C@H]1Cc2c(ccc(/C(C)=N/OC3COc4cc(OC)c(OC)cc4[C@H]3S)c2O)O1. The maximum atomic E-state index is 10.8. The first-order valence-corrected chi connectivity index (χ1v) is 10.8. The molecule has 0 fully saturated rings. The second kappa shape index (κ2) is 8.86. The fourth-order valence-electron chi connectivity index (χ4n) is 3.85. The zero-order chi connectivity index (χ0) is 23.0. The monoisotopic (exact) mass is 457 g/mol. The van der Waals surface area contributed by atoms with E-state index in [1.807, 2.05) is 19.1 Å². The van der Waals surface area contributed by atoms with Gasteiger partial charge in [-0.1, -0.05) is 11.7 Å². The van der Waals surface area contributed by atoms with E-state index in [-0.39, 0.29) is 23.7 Å². The largest absolute Gasteiger partial charge is 0.507 e. The lowest BCUT2D eigenvalue weighted by atomic mass is 10.0. The van der Waals surface area contributed by atoms with Gasteiger partial charge in [0.25, 0.3) is 0 Å². The molecule has 0 bridgehead atoms. The molecule has 0 radical (unpaired) electrons. The molecule has 0 spiro atoms. The maximum absolute atomic E-state index is 10.8. The average Bonchev–Trinajstić information content (AvgIpc) is 3.24. The number of methoxy groups -OCH3 is 2. The van der Waals surface area contributed by atoms with Gasteiger partial charge in [0.2, 0.25) is 0 Å². The number of phenols is 1. The van der Waals surface area contributed by atoms with E-state index in [4.69, 9.17) is 36.4 Å². The van der Waals surface area contributed by atoms with E-state index in [0.717, 1.165) is 16.7 Å². The maximum Gasteiger partial charge on any atom is 0.177 e. The number of ether oxygens (including phenoxy) is 4. The van der Waals surface area contributed by atoms with Crippen LogP contribution >= 0.6 is 12.6 Å². The Morgan fingerprint density at radius 2 is 1.88 bits per heavy atom. The average molecular weight is 458 g/mol. The van der Waals surface area contributed by atoms with Crippen LogP contribution < -0.4 is 18.9 Å². The second-order valence-corrected chi connectivity index (χ2v) is 8.47. The van der Waals surface area contributed by atoms with Crippen molar-refractivity contribution in [3.8, 4) is 28.7 Å². The summed E-state index contributed by atoms with van der Waals surface area (Å²) in [6, 6.07) is 7.24. The highest BCUT2D eigenvalue weighted by Gasteiger charge is 2.32. The summed E-state index contributed by atoms with van der Waals surface area (Å²) in [6.45, 7) is 7.92. The number of nitrogens with zero attached hydrogens (tertiary/aromatic N) is 1. The predicted molar refractivity (Wildman–Crippen MR) is 125 cm³/mol. The molecule has 2 aliphatic rings. The lowest BCUT2D eigenvalue weighted by Gasteiger charge is -2.29. The molecule has 2 heterocycles. The third kappa shape index (κ3) is 3.95. The topological polar surface area (TPSA) is 78.7 Å². The molecule has 8 heteroatoms. The number of hydrogen-bond donors (Lipinski definition) is 2. The van der Waals surface area contributed by atoms with Crippen LogP contribution in [0.2, 0.25) is 0 Å². The summed E-state index contributed by atoms with van der Waals surface area (Å²) < 4.78 is 22.4. The van der Waals surface area contributed by atoms with Crippen molar-refractivity contribution in [2.24, 2.45) is 5.16 Å². The number of phenolic OH excluding ortho intramolecular Hbond substituents is 1. The summed E-state index contributed by atoms with van der Waals surface area (Å²) >= 11 is 4.73. The van der Waals surface area contributed by atoms with Crippen LogP contribution in [-0.2, 0) is 11.3 Å². The van der Waals surface area contributed by atoms with E-state index in [2.05, 4.69) is 11.7 Å². The molecule has 4 rings (SSSR count). The first-order chi connectivity index (χ1) is 15.3. The van der Waals surface area contributed by atoms with E-state index >= 15 is 0 Å². The number of benzene rings is 2. The van der Waals surface area contributed by atoms with Crippen LogP contribution in [0.5, 0.6) is 28.7 Å². The van der Waals surface area contributed by atoms with E-state index in [9.17, 15) is 5.11 Å². The van der Waals surface area contributed by atoms with Crippen LogP contribution in [0, 0.1) is 0 Å².